The highest BCUT2D eigenvalue weighted by molar-refractivity contribution is 6.32. The average molecular weight is 296 g/mol. The van der Waals surface area contributed by atoms with Crippen LogP contribution in [-0.2, 0) is 6.42 Å². The summed E-state index contributed by atoms with van der Waals surface area (Å²) in [6.45, 7) is 1.86. The quantitative estimate of drug-likeness (QED) is 0.535. The van der Waals surface area contributed by atoms with Crippen molar-refractivity contribution in [2.75, 3.05) is 0 Å². The minimum Gasteiger partial charge on any atom is -0.275 e. The number of rotatable bonds is 2. The van der Waals surface area contributed by atoms with Crippen LogP contribution < -0.4 is 0 Å². The van der Waals surface area contributed by atoms with Crippen molar-refractivity contribution in [1.29, 1.82) is 0 Å². The number of halogens is 2. The van der Waals surface area contributed by atoms with Gasteiger partial charge in [-0.05, 0) is 0 Å². The van der Waals surface area contributed by atoms with E-state index in [0.29, 0.717) is 23.4 Å². The van der Waals surface area contributed by atoms with Crippen LogP contribution in [-0.4, -0.2) is 24.5 Å². The predicted octanol–water partition coefficient (Wildman–Crippen LogP) is 2.54. The first kappa shape index (κ1) is 12.7. The second kappa shape index (κ2) is 4.34. The highest BCUT2D eigenvalue weighted by Gasteiger charge is 2.20. The molecule has 0 spiro atoms. The summed E-state index contributed by atoms with van der Waals surface area (Å²) in [7, 11) is 0. The molecule has 0 saturated heterocycles. The highest BCUT2D eigenvalue weighted by atomic mass is 35.5. The molecule has 3 rings (SSSR count). The van der Waals surface area contributed by atoms with Crippen molar-refractivity contribution >= 4 is 34.0 Å². The van der Waals surface area contributed by atoms with E-state index in [1.165, 1.54) is 0 Å². The molecule has 0 fully saturated rings. The first-order valence-corrected chi connectivity index (χ1v) is 6.08. The number of nitro groups is 1. The summed E-state index contributed by atoms with van der Waals surface area (Å²) in [4.78, 5) is 14.0. The first-order chi connectivity index (χ1) is 9.52. The Hall–Kier alpha value is -2.35. The van der Waals surface area contributed by atoms with E-state index in [9.17, 15) is 14.5 Å². The summed E-state index contributed by atoms with van der Waals surface area (Å²) in [6, 6.07) is 2.10. The summed E-state index contributed by atoms with van der Waals surface area (Å²) < 4.78 is 15.3. The molecule has 0 aliphatic carbocycles. The third-order valence-electron chi connectivity index (χ3n) is 2.93. The molecule has 0 radical (unpaired) electrons. The van der Waals surface area contributed by atoms with Gasteiger partial charge in [-0.3, -0.25) is 14.5 Å². The van der Waals surface area contributed by atoms with Gasteiger partial charge in [0.2, 0.25) is 5.82 Å². The average Bonchev–Trinajstić information content (AvgIpc) is 2.83. The lowest BCUT2D eigenvalue weighted by Crippen LogP contribution is -2.00. The van der Waals surface area contributed by atoms with Gasteiger partial charge in [-0.1, -0.05) is 18.5 Å². The number of nitrogens with zero attached hydrogens (tertiary/aromatic N) is 5. The summed E-state index contributed by atoms with van der Waals surface area (Å²) >= 11 is 5.98. The lowest BCUT2D eigenvalue weighted by molar-refractivity contribution is -0.387. The molecule has 0 aliphatic heterocycles. The standard InChI is InChI=1S/C11H7ClFN5O2/c1-2-9-15-16-11-10(12)14-6-4-7(18(19)20)5(13)3-8(6)17(9)11/h3-4H,2H2,1H3. The molecule has 2 heterocycles. The van der Waals surface area contributed by atoms with Crippen LogP contribution in [0.1, 0.15) is 12.7 Å². The molecular formula is C11H7ClFN5O2. The Morgan fingerprint density at radius 3 is 2.85 bits per heavy atom. The number of hydrogen-bond acceptors (Lipinski definition) is 5. The van der Waals surface area contributed by atoms with Gasteiger partial charge in [0, 0.05) is 18.6 Å². The highest BCUT2D eigenvalue weighted by Crippen LogP contribution is 2.27. The molecule has 20 heavy (non-hydrogen) atoms. The van der Waals surface area contributed by atoms with Crippen LogP contribution in [0.15, 0.2) is 12.1 Å². The maximum absolute atomic E-state index is 13.8. The Balaban J connectivity index is 2.51. The van der Waals surface area contributed by atoms with Gasteiger partial charge in [0.15, 0.2) is 10.8 Å². The second-order valence-corrected chi connectivity index (χ2v) is 4.44. The number of hydrogen-bond donors (Lipinski definition) is 0. The predicted molar refractivity (Wildman–Crippen MR) is 69.3 cm³/mol. The summed E-state index contributed by atoms with van der Waals surface area (Å²) in [5.74, 6) is -0.369. The van der Waals surface area contributed by atoms with Gasteiger partial charge < -0.3 is 0 Å². The van der Waals surface area contributed by atoms with Gasteiger partial charge in [0.1, 0.15) is 5.82 Å². The van der Waals surface area contributed by atoms with Crippen molar-refractivity contribution in [3.05, 3.63) is 39.0 Å². The second-order valence-electron chi connectivity index (χ2n) is 4.08. The van der Waals surface area contributed by atoms with Crippen molar-refractivity contribution in [1.82, 2.24) is 19.6 Å². The third-order valence-corrected chi connectivity index (χ3v) is 3.18. The van der Waals surface area contributed by atoms with E-state index in [0.717, 1.165) is 12.1 Å². The smallest absolute Gasteiger partial charge is 0.275 e. The van der Waals surface area contributed by atoms with Gasteiger partial charge in [0.25, 0.3) is 0 Å². The summed E-state index contributed by atoms with van der Waals surface area (Å²) in [5, 5.41) is 18.7. The van der Waals surface area contributed by atoms with E-state index < -0.39 is 16.4 Å². The lowest BCUT2D eigenvalue weighted by atomic mass is 10.2. The Morgan fingerprint density at radius 1 is 1.45 bits per heavy atom. The van der Waals surface area contributed by atoms with Crippen LogP contribution in [0.25, 0.3) is 16.7 Å². The zero-order chi connectivity index (χ0) is 14.4. The fourth-order valence-electron chi connectivity index (χ4n) is 2.04. The fraction of sp³-hybridized carbons (Fsp3) is 0.182. The van der Waals surface area contributed by atoms with Gasteiger partial charge in [-0.2, -0.15) is 4.39 Å². The van der Waals surface area contributed by atoms with E-state index in [1.807, 2.05) is 6.92 Å². The van der Waals surface area contributed by atoms with Crippen molar-refractivity contribution in [2.24, 2.45) is 0 Å². The van der Waals surface area contributed by atoms with Crippen molar-refractivity contribution in [3.63, 3.8) is 0 Å². The van der Waals surface area contributed by atoms with E-state index in [1.54, 1.807) is 4.40 Å². The van der Waals surface area contributed by atoms with Crippen LogP contribution in [0.5, 0.6) is 0 Å². The Morgan fingerprint density at radius 2 is 2.20 bits per heavy atom. The zero-order valence-electron chi connectivity index (χ0n) is 10.2. The molecule has 0 atom stereocenters. The van der Waals surface area contributed by atoms with E-state index in [4.69, 9.17) is 11.6 Å². The third kappa shape index (κ3) is 1.68. The molecule has 2 aromatic heterocycles. The SMILES string of the molecule is CCc1nnc2c(Cl)nc3cc([N+](=O)[O-])c(F)cc3n12. The topological polar surface area (TPSA) is 86.2 Å². The first-order valence-electron chi connectivity index (χ1n) is 5.70. The lowest BCUT2D eigenvalue weighted by Gasteiger charge is -2.05. The maximum atomic E-state index is 13.8. The molecule has 0 saturated carbocycles. The number of aryl methyl sites for hydroxylation is 1. The van der Waals surface area contributed by atoms with Crippen LogP contribution in [0.4, 0.5) is 10.1 Å². The fourth-order valence-corrected chi connectivity index (χ4v) is 2.25. The molecule has 102 valence electrons. The van der Waals surface area contributed by atoms with Crippen LogP contribution >= 0.6 is 11.6 Å². The number of aromatic nitrogens is 4. The molecule has 7 nitrogen and oxygen atoms in total. The summed E-state index contributed by atoms with van der Waals surface area (Å²) in [5.41, 5.74) is 0.204. The molecule has 1 aromatic carbocycles. The Labute approximate surface area is 116 Å². The molecule has 9 heteroatoms. The van der Waals surface area contributed by atoms with Gasteiger partial charge in [-0.25, -0.2) is 4.98 Å². The van der Waals surface area contributed by atoms with Gasteiger partial charge in [0.05, 0.1) is 16.0 Å². The molecule has 0 aliphatic rings. The Kier molecular flexibility index (Phi) is 2.75. The van der Waals surface area contributed by atoms with Crippen LogP contribution in [0.3, 0.4) is 0 Å². The Bertz CT molecular complexity index is 863. The van der Waals surface area contributed by atoms with Crippen molar-refractivity contribution in [2.45, 2.75) is 13.3 Å². The molecule has 0 bridgehead atoms. The minimum atomic E-state index is -0.941. The van der Waals surface area contributed by atoms with E-state index in [2.05, 4.69) is 15.2 Å². The molecule has 0 amide bonds. The normalized spacial score (nSPS) is 11.3. The van der Waals surface area contributed by atoms with E-state index >= 15 is 0 Å². The van der Waals surface area contributed by atoms with E-state index in [-0.39, 0.29) is 10.7 Å². The van der Waals surface area contributed by atoms with Gasteiger partial charge >= 0.3 is 5.69 Å². The molecule has 0 unspecified atom stereocenters. The number of fused-ring (bicyclic) bond motifs is 3. The van der Waals surface area contributed by atoms with Gasteiger partial charge in [-0.15, -0.1) is 10.2 Å². The van der Waals surface area contributed by atoms with Crippen LogP contribution in [0, 0.1) is 15.9 Å². The summed E-state index contributed by atoms with van der Waals surface area (Å²) in [6.07, 6.45) is 0.551. The van der Waals surface area contributed by atoms with Crippen molar-refractivity contribution in [3.8, 4) is 0 Å². The number of nitro benzene ring substituents is 1. The minimum absolute atomic E-state index is 0.0607. The molecular weight excluding hydrogens is 289 g/mol. The van der Waals surface area contributed by atoms with Crippen LogP contribution in [0.2, 0.25) is 5.15 Å². The van der Waals surface area contributed by atoms with Crippen molar-refractivity contribution < 1.29 is 9.31 Å². The zero-order valence-corrected chi connectivity index (χ0v) is 10.9. The number of benzene rings is 1. The largest absolute Gasteiger partial charge is 0.307 e. The monoisotopic (exact) mass is 295 g/mol. The molecule has 3 aromatic rings. The maximum Gasteiger partial charge on any atom is 0.307 e. The molecule has 0 N–H and O–H groups in total.